The van der Waals surface area contributed by atoms with Crippen molar-refractivity contribution in [3.05, 3.63) is 188 Å². The van der Waals surface area contributed by atoms with E-state index in [1.54, 1.807) is 0 Å². The van der Waals surface area contributed by atoms with Crippen LogP contribution in [0.3, 0.4) is 0 Å². The van der Waals surface area contributed by atoms with Crippen LogP contribution in [0.1, 0.15) is 37.2 Å². The average Bonchev–Trinajstić information content (AvgIpc) is 3.56. The predicted molar refractivity (Wildman–Crippen MR) is 221 cm³/mol. The summed E-state index contributed by atoms with van der Waals surface area (Å²) in [5.41, 5.74) is 12.7. The molecular weight excluding hydrogens is 629 g/mol. The van der Waals surface area contributed by atoms with Crippen LogP contribution in [0.5, 0.6) is 0 Å². The lowest BCUT2D eigenvalue weighted by Crippen LogP contribution is -2.32. The molecule has 250 valence electrons. The largest absolute Gasteiger partial charge is 0.338 e. The van der Waals surface area contributed by atoms with Gasteiger partial charge in [-0.05, 0) is 117 Å². The molecule has 0 aromatic heterocycles. The second-order valence-electron chi connectivity index (χ2n) is 14.3. The maximum Gasteiger partial charge on any atom is 0.0463 e. The highest BCUT2D eigenvalue weighted by Crippen LogP contribution is 2.51. The third kappa shape index (κ3) is 5.09. The van der Waals surface area contributed by atoms with Gasteiger partial charge in [-0.1, -0.05) is 140 Å². The molecule has 2 nitrogen and oxygen atoms in total. The molecule has 2 aliphatic rings. The molecule has 0 N–H and O–H groups in total. The van der Waals surface area contributed by atoms with Crippen molar-refractivity contribution in [1.29, 1.82) is 0 Å². The predicted octanol–water partition coefficient (Wildman–Crippen LogP) is 14.0. The molecule has 1 fully saturated rings. The first-order valence-corrected chi connectivity index (χ1v) is 18.8. The molecular formula is C50H40N2. The van der Waals surface area contributed by atoms with Gasteiger partial charge in [0, 0.05) is 40.4 Å². The zero-order valence-corrected chi connectivity index (χ0v) is 29.2. The second-order valence-corrected chi connectivity index (χ2v) is 14.3. The van der Waals surface area contributed by atoms with Gasteiger partial charge in [-0.3, -0.25) is 0 Å². The Bertz CT molecular complexity index is 2460. The summed E-state index contributed by atoms with van der Waals surface area (Å²) in [7, 11) is 0. The molecule has 8 aromatic carbocycles. The minimum Gasteiger partial charge on any atom is -0.338 e. The van der Waals surface area contributed by atoms with E-state index in [1.165, 1.54) is 86.4 Å². The van der Waals surface area contributed by atoms with Crippen molar-refractivity contribution in [2.24, 2.45) is 0 Å². The van der Waals surface area contributed by atoms with Crippen LogP contribution in [0.25, 0.3) is 43.8 Å². The first kappa shape index (κ1) is 30.7. The molecule has 1 saturated carbocycles. The number of fused-ring (bicyclic) bond motifs is 5. The van der Waals surface area contributed by atoms with Gasteiger partial charge in [0.05, 0.1) is 0 Å². The van der Waals surface area contributed by atoms with Crippen molar-refractivity contribution >= 4 is 50.0 Å². The van der Waals surface area contributed by atoms with Crippen LogP contribution in [0.2, 0.25) is 0 Å². The summed E-state index contributed by atoms with van der Waals surface area (Å²) in [4.78, 5) is 5.01. The van der Waals surface area contributed by atoms with Gasteiger partial charge < -0.3 is 9.80 Å². The first-order valence-electron chi connectivity index (χ1n) is 18.8. The SMILES string of the molecule is c1ccc(-c2c3ccccc3c(-c3ccc(N(c4ccccc4)c4ccc(N5c6ccccc6C6CCCC[C@H]65)cc4)cc3)c3ccccc23)cc1. The van der Waals surface area contributed by atoms with Crippen LogP contribution < -0.4 is 9.80 Å². The average molecular weight is 669 g/mol. The normalized spacial score (nSPS) is 16.5. The van der Waals surface area contributed by atoms with E-state index in [1.807, 2.05) is 0 Å². The summed E-state index contributed by atoms with van der Waals surface area (Å²) in [6.45, 7) is 0. The smallest absolute Gasteiger partial charge is 0.0463 e. The lowest BCUT2D eigenvalue weighted by molar-refractivity contribution is 0.402. The van der Waals surface area contributed by atoms with Crippen LogP contribution in [0.15, 0.2) is 182 Å². The van der Waals surface area contributed by atoms with E-state index in [2.05, 4.69) is 192 Å². The van der Waals surface area contributed by atoms with E-state index in [9.17, 15) is 0 Å². The Morgan fingerprint density at radius 2 is 0.865 bits per heavy atom. The molecule has 1 heterocycles. The fraction of sp³-hybridized carbons (Fsp3) is 0.120. The van der Waals surface area contributed by atoms with Crippen molar-refractivity contribution in [2.75, 3.05) is 9.80 Å². The van der Waals surface area contributed by atoms with Crippen LogP contribution in [0, 0.1) is 0 Å². The lowest BCUT2D eigenvalue weighted by Gasteiger charge is -2.34. The minimum atomic E-state index is 0.545. The molecule has 1 aliphatic heterocycles. The molecule has 10 rings (SSSR count). The Hall–Kier alpha value is -6.12. The van der Waals surface area contributed by atoms with Crippen LogP contribution >= 0.6 is 0 Å². The summed E-state index contributed by atoms with van der Waals surface area (Å²) < 4.78 is 0. The number of rotatable bonds is 6. The van der Waals surface area contributed by atoms with Crippen molar-refractivity contribution in [3.63, 3.8) is 0 Å². The molecule has 0 spiro atoms. The molecule has 0 radical (unpaired) electrons. The summed E-state index contributed by atoms with van der Waals surface area (Å²) in [5, 5.41) is 5.09. The van der Waals surface area contributed by atoms with E-state index in [0.29, 0.717) is 12.0 Å². The number of para-hydroxylation sites is 2. The van der Waals surface area contributed by atoms with E-state index < -0.39 is 0 Å². The molecule has 0 bridgehead atoms. The number of hydrogen-bond donors (Lipinski definition) is 0. The number of nitrogens with zero attached hydrogens (tertiary/aromatic N) is 2. The summed E-state index contributed by atoms with van der Waals surface area (Å²) >= 11 is 0. The van der Waals surface area contributed by atoms with Crippen LogP contribution in [-0.4, -0.2) is 6.04 Å². The van der Waals surface area contributed by atoms with Crippen molar-refractivity contribution in [1.82, 2.24) is 0 Å². The van der Waals surface area contributed by atoms with E-state index in [-0.39, 0.29) is 0 Å². The molecule has 2 heteroatoms. The van der Waals surface area contributed by atoms with Gasteiger partial charge in [-0.15, -0.1) is 0 Å². The van der Waals surface area contributed by atoms with Crippen LogP contribution in [-0.2, 0) is 0 Å². The summed E-state index contributed by atoms with van der Waals surface area (Å²) in [6, 6.07) is 67.4. The number of benzene rings is 8. The van der Waals surface area contributed by atoms with Gasteiger partial charge in [0.1, 0.15) is 0 Å². The number of hydrogen-bond acceptors (Lipinski definition) is 2. The minimum absolute atomic E-state index is 0.545. The fourth-order valence-corrected chi connectivity index (χ4v) is 9.23. The maximum atomic E-state index is 2.63. The summed E-state index contributed by atoms with van der Waals surface area (Å²) in [6.07, 6.45) is 5.18. The highest BCUT2D eigenvalue weighted by atomic mass is 15.2. The van der Waals surface area contributed by atoms with E-state index >= 15 is 0 Å². The third-order valence-corrected chi connectivity index (χ3v) is 11.5. The van der Waals surface area contributed by atoms with Gasteiger partial charge >= 0.3 is 0 Å². The highest BCUT2D eigenvalue weighted by Gasteiger charge is 2.40. The van der Waals surface area contributed by atoms with Crippen LogP contribution in [0.4, 0.5) is 28.4 Å². The lowest BCUT2D eigenvalue weighted by atomic mass is 9.82. The van der Waals surface area contributed by atoms with E-state index in [4.69, 9.17) is 0 Å². The Labute approximate surface area is 306 Å². The molecule has 0 amide bonds. The maximum absolute atomic E-state index is 2.63. The van der Waals surface area contributed by atoms with Gasteiger partial charge in [0.2, 0.25) is 0 Å². The topological polar surface area (TPSA) is 6.48 Å². The monoisotopic (exact) mass is 668 g/mol. The molecule has 52 heavy (non-hydrogen) atoms. The van der Waals surface area contributed by atoms with E-state index in [0.717, 1.165) is 17.1 Å². The van der Waals surface area contributed by atoms with Gasteiger partial charge in [-0.25, -0.2) is 0 Å². The summed E-state index contributed by atoms with van der Waals surface area (Å²) in [5.74, 6) is 0.632. The quantitative estimate of drug-likeness (QED) is 0.163. The Kier molecular flexibility index (Phi) is 7.61. The second kappa shape index (κ2) is 12.9. The zero-order chi connectivity index (χ0) is 34.4. The van der Waals surface area contributed by atoms with Crippen molar-refractivity contribution in [3.8, 4) is 22.3 Å². The molecule has 0 saturated heterocycles. The molecule has 1 unspecified atom stereocenters. The van der Waals surface area contributed by atoms with Crippen molar-refractivity contribution in [2.45, 2.75) is 37.6 Å². The molecule has 8 aromatic rings. The molecule has 2 atom stereocenters. The standard InChI is InChI=1S/C50H40N2/c1-3-15-35(16-4-1)49-43-21-7-9-23-45(43)50(46-24-10-8-22-44(46)49)36-27-29-38(30-28-36)51(37-17-5-2-6-18-37)39-31-33-40(34-32-39)52-47-25-13-11-19-41(47)42-20-12-14-26-48(42)52/h1-11,13,15-19,21-25,27-34,42,48H,12,14,20,26H2/t42?,48-/m1/s1. The zero-order valence-electron chi connectivity index (χ0n) is 29.2. The Morgan fingerprint density at radius 1 is 0.404 bits per heavy atom. The first-order chi connectivity index (χ1) is 25.8. The molecule has 1 aliphatic carbocycles. The van der Waals surface area contributed by atoms with Gasteiger partial charge in [0.25, 0.3) is 0 Å². The highest BCUT2D eigenvalue weighted by molar-refractivity contribution is 6.21. The number of anilines is 5. The van der Waals surface area contributed by atoms with Gasteiger partial charge in [0.15, 0.2) is 0 Å². The van der Waals surface area contributed by atoms with Gasteiger partial charge in [-0.2, -0.15) is 0 Å². The Morgan fingerprint density at radius 3 is 1.48 bits per heavy atom. The fourth-order valence-electron chi connectivity index (χ4n) is 9.23. The Balaban J connectivity index is 1.06. The van der Waals surface area contributed by atoms with Crippen molar-refractivity contribution < 1.29 is 0 Å². The third-order valence-electron chi connectivity index (χ3n) is 11.5.